The molecule has 2 aliphatic heterocycles. The van der Waals surface area contributed by atoms with Crippen LogP contribution in [0.3, 0.4) is 0 Å². The van der Waals surface area contributed by atoms with Gasteiger partial charge in [-0.15, -0.1) is 0 Å². The van der Waals surface area contributed by atoms with E-state index in [-0.39, 0.29) is 17.1 Å². The molecule has 0 saturated carbocycles. The van der Waals surface area contributed by atoms with Crippen molar-refractivity contribution in [3.05, 3.63) is 28.8 Å². The lowest BCUT2D eigenvalue weighted by Gasteiger charge is -2.37. The Labute approximate surface area is 154 Å². The van der Waals surface area contributed by atoms with Gasteiger partial charge >= 0.3 is 6.18 Å². The molecule has 1 aromatic carbocycles. The van der Waals surface area contributed by atoms with Gasteiger partial charge in [0.05, 0.1) is 24.5 Å². The maximum Gasteiger partial charge on any atom is 0.418 e. The van der Waals surface area contributed by atoms with Crippen molar-refractivity contribution in [2.24, 2.45) is 0 Å². The van der Waals surface area contributed by atoms with Crippen LogP contribution in [0.15, 0.2) is 18.2 Å². The molecule has 0 atom stereocenters. The number of nitrogens with one attached hydrogen (secondary N) is 1. The molecule has 0 unspecified atom stereocenters. The molecule has 0 bridgehead atoms. The van der Waals surface area contributed by atoms with E-state index in [9.17, 15) is 18.0 Å². The first-order valence-electron chi connectivity index (χ1n) is 8.44. The van der Waals surface area contributed by atoms with Crippen LogP contribution < -0.4 is 5.32 Å². The summed E-state index contributed by atoms with van der Waals surface area (Å²) in [6.45, 7) is 3.12. The zero-order valence-corrected chi connectivity index (χ0v) is 14.8. The van der Waals surface area contributed by atoms with E-state index in [0.29, 0.717) is 19.8 Å². The normalized spacial score (nSPS) is 20.5. The molecule has 2 fully saturated rings. The highest BCUT2D eigenvalue weighted by Gasteiger charge is 2.39. The lowest BCUT2D eigenvalue weighted by atomic mass is 10.0. The highest BCUT2D eigenvalue weighted by molar-refractivity contribution is 6.30. The fourth-order valence-electron chi connectivity index (χ4n) is 3.24. The number of rotatable bonds is 4. The van der Waals surface area contributed by atoms with Gasteiger partial charge in [-0.2, -0.15) is 13.2 Å². The molecule has 3 rings (SSSR count). The summed E-state index contributed by atoms with van der Waals surface area (Å²) in [4.78, 5) is 14.2. The topological polar surface area (TPSA) is 50.8 Å². The van der Waals surface area contributed by atoms with Crippen molar-refractivity contribution in [3.63, 3.8) is 0 Å². The van der Waals surface area contributed by atoms with Gasteiger partial charge in [-0.1, -0.05) is 11.6 Å². The molecule has 1 N–H and O–H groups in total. The van der Waals surface area contributed by atoms with Gasteiger partial charge < -0.3 is 19.7 Å². The van der Waals surface area contributed by atoms with Crippen molar-refractivity contribution in [3.8, 4) is 0 Å². The van der Waals surface area contributed by atoms with E-state index < -0.39 is 23.4 Å². The van der Waals surface area contributed by atoms with E-state index >= 15 is 0 Å². The average molecular weight is 393 g/mol. The van der Waals surface area contributed by atoms with Crippen molar-refractivity contribution < 1.29 is 27.4 Å². The Balaban J connectivity index is 1.51. The Morgan fingerprint density at radius 1 is 1.23 bits per heavy atom. The molecular formula is C17H20ClF3N2O3. The third kappa shape index (κ3) is 4.68. The maximum absolute atomic E-state index is 13.1. The molecule has 0 aromatic heterocycles. The predicted octanol–water partition coefficient (Wildman–Crippen LogP) is 3.53. The van der Waals surface area contributed by atoms with Gasteiger partial charge in [-0.3, -0.25) is 4.79 Å². The zero-order valence-electron chi connectivity index (χ0n) is 14.1. The smallest absolute Gasteiger partial charge is 0.347 e. The molecule has 9 heteroatoms. The van der Waals surface area contributed by atoms with Gasteiger partial charge in [-0.05, 0) is 18.2 Å². The summed E-state index contributed by atoms with van der Waals surface area (Å²) >= 11 is 5.63. The zero-order chi connectivity index (χ0) is 18.8. The molecule has 1 spiro atoms. The number of piperidine rings is 1. The third-order valence-electron chi connectivity index (χ3n) is 4.65. The third-order valence-corrected chi connectivity index (χ3v) is 4.88. The second kappa shape index (κ2) is 7.72. The molecule has 1 aromatic rings. The van der Waals surface area contributed by atoms with E-state index in [4.69, 9.17) is 21.1 Å². The van der Waals surface area contributed by atoms with Crippen LogP contribution in [0.4, 0.5) is 18.9 Å². The van der Waals surface area contributed by atoms with E-state index in [2.05, 4.69) is 10.2 Å². The number of amides is 1. The van der Waals surface area contributed by atoms with Crippen LogP contribution >= 0.6 is 11.6 Å². The van der Waals surface area contributed by atoms with Gasteiger partial charge in [0.1, 0.15) is 0 Å². The Hall–Kier alpha value is -1.35. The van der Waals surface area contributed by atoms with Gasteiger partial charge in [0, 0.05) is 43.9 Å². The number of hydrogen-bond acceptors (Lipinski definition) is 4. The molecule has 1 amide bonds. The predicted molar refractivity (Wildman–Crippen MR) is 90.0 cm³/mol. The number of hydrogen-bond donors (Lipinski definition) is 1. The van der Waals surface area contributed by atoms with E-state index in [0.717, 1.165) is 32.0 Å². The minimum absolute atomic E-state index is 0.0334. The van der Waals surface area contributed by atoms with Gasteiger partial charge in [0.25, 0.3) is 0 Å². The highest BCUT2D eigenvalue weighted by Crippen LogP contribution is 2.36. The van der Waals surface area contributed by atoms with Crippen molar-refractivity contribution in [2.45, 2.75) is 31.2 Å². The first kappa shape index (κ1) is 19.4. The van der Waals surface area contributed by atoms with Crippen LogP contribution in [0.2, 0.25) is 5.02 Å². The number of alkyl halides is 3. The summed E-state index contributed by atoms with van der Waals surface area (Å²) in [7, 11) is 0. The number of carbonyl (C=O) groups is 1. The number of carbonyl (C=O) groups excluding carboxylic acids is 1. The van der Waals surface area contributed by atoms with E-state index in [1.807, 2.05) is 0 Å². The SMILES string of the molecule is O=C(CCN1CCC2(CC1)OCCO2)Nc1ccc(Cl)cc1C(F)(F)F. The quantitative estimate of drug-likeness (QED) is 0.851. The molecule has 2 aliphatic rings. The van der Waals surface area contributed by atoms with Crippen LogP contribution in [-0.2, 0) is 20.4 Å². The number of ether oxygens (including phenoxy) is 2. The molecule has 144 valence electrons. The lowest BCUT2D eigenvalue weighted by Crippen LogP contribution is -2.45. The molecule has 2 heterocycles. The van der Waals surface area contributed by atoms with Crippen LogP contribution in [-0.4, -0.2) is 49.4 Å². The van der Waals surface area contributed by atoms with Crippen LogP contribution in [0.1, 0.15) is 24.8 Å². The minimum atomic E-state index is -4.59. The molecular weight excluding hydrogens is 373 g/mol. The molecule has 5 nitrogen and oxygen atoms in total. The number of nitrogens with zero attached hydrogens (tertiary/aromatic N) is 1. The summed E-state index contributed by atoms with van der Waals surface area (Å²) in [5, 5.41) is 2.31. The second-order valence-corrected chi connectivity index (χ2v) is 6.87. The monoisotopic (exact) mass is 392 g/mol. The van der Waals surface area contributed by atoms with E-state index in [1.165, 1.54) is 12.1 Å². The van der Waals surface area contributed by atoms with Gasteiger partial charge in [-0.25, -0.2) is 0 Å². The highest BCUT2D eigenvalue weighted by atomic mass is 35.5. The first-order chi connectivity index (χ1) is 12.3. The summed E-state index contributed by atoms with van der Waals surface area (Å²) < 4.78 is 50.5. The van der Waals surface area contributed by atoms with Crippen LogP contribution in [0.25, 0.3) is 0 Å². The van der Waals surface area contributed by atoms with Crippen LogP contribution in [0, 0.1) is 0 Å². The second-order valence-electron chi connectivity index (χ2n) is 6.44. The van der Waals surface area contributed by atoms with Crippen molar-refractivity contribution in [2.75, 3.05) is 38.2 Å². The molecule has 0 aliphatic carbocycles. The standard InChI is InChI=1S/C17H20ClF3N2O3/c18-12-1-2-14(13(11-12)17(19,20)21)22-15(24)3-6-23-7-4-16(5-8-23)25-9-10-26-16/h1-2,11H,3-10H2,(H,22,24). The Morgan fingerprint density at radius 3 is 2.50 bits per heavy atom. The largest absolute Gasteiger partial charge is 0.418 e. The molecule has 2 saturated heterocycles. The van der Waals surface area contributed by atoms with Gasteiger partial charge in [0.15, 0.2) is 5.79 Å². The van der Waals surface area contributed by atoms with Crippen molar-refractivity contribution in [1.82, 2.24) is 4.90 Å². The van der Waals surface area contributed by atoms with Crippen molar-refractivity contribution in [1.29, 1.82) is 0 Å². The number of anilines is 1. The summed E-state index contributed by atoms with van der Waals surface area (Å²) in [6.07, 6.45) is -3.03. The Bertz CT molecular complexity index is 653. The fourth-order valence-corrected chi connectivity index (χ4v) is 3.41. The average Bonchev–Trinajstić information content (AvgIpc) is 3.03. The van der Waals surface area contributed by atoms with Gasteiger partial charge in [0.2, 0.25) is 5.91 Å². The Morgan fingerprint density at radius 2 is 1.88 bits per heavy atom. The van der Waals surface area contributed by atoms with Crippen molar-refractivity contribution >= 4 is 23.2 Å². The summed E-state index contributed by atoms with van der Waals surface area (Å²) in [6, 6.07) is 3.30. The lowest BCUT2D eigenvalue weighted by molar-refractivity contribution is -0.185. The number of benzene rings is 1. The molecule has 26 heavy (non-hydrogen) atoms. The summed E-state index contributed by atoms with van der Waals surface area (Å²) in [5.41, 5.74) is -1.23. The van der Waals surface area contributed by atoms with E-state index in [1.54, 1.807) is 0 Å². The maximum atomic E-state index is 13.1. The fraction of sp³-hybridized carbons (Fsp3) is 0.588. The Kier molecular flexibility index (Phi) is 5.76. The number of halogens is 4. The summed E-state index contributed by atoms with van der Waals surface area (Å²) in [5.74, 6) is -0.949. The first-order valence-corrected chi connectivity index (χ1v) is 8.82. The van der Waals surface area contributed by atoms with Crippen LogP contribution in [0.5, 0.6) is 0 Å². The minimum Gasteiger partial charge on any atom is -0.347 e. The molecule has 0 radical (unpaired) electrons. The number of likely N-dealkylation sites (tertiary alicyclic amines) is 1.